The molecule has 0 aliphatic carbocycles. The first kappa shape index (κ1) is 15.0. The Morgan fingerprint density at radius 3 is 2.48 bits per heavy atom. The van der Waals surface area contributed by atoms with Gasteiger partial charge < -0.3 is 5.73 Å². The Morgan fingerprint density at radius 2 is 1.95 bits per heavy atom. The Bertz CT molecular complexity index is 677. The number of pyridine rings is 1. The van der Waals surface area contributed by atoms with Crippen LogP contribution in [0.15, 0.2) is 34.6 Å². The summed E-state index contributed by atoms with van der Waals surface area (Å²) in [5.74, 6) is -0.185. The Morgan fingerprint density at radius 1 is 1.24 bits per heavy atom. The molecule has 7 nitrogen and oxygen atoms in total. The van der Waals surface area contributed by atoms with Gasteiger partial charge in [0.25, 0.3) is 0 Å². The lowest BCUT2D eigenvalue weighted by molar-refractivity contribution is -0.388. The summed E-state index contributed by atoms with van der Waals surface area (Å²) in [6.07, 6.45) is -2.94. The zero-order valence-electron chi connectivity index (χ0n) is 10.0. The lowest BCUT2D eigenvalue weighted by Gasteiger charge is -2.06. The highest BCUT2D eigenvalue weighted by atomic mass is 32.2. The average molecular weight is 317 g/mol. The van der Waals surface area contributed by atoms with Crippen LogP contribution in [0, 0.1) is 10.1 Å². The highest BCUT2D eigenvalue weighted by Crippen LogP contribution is 2.34. The highest BCUT2D eigenvalue weighted by molar-refractivity contribution is 7.99. The molecule has 0 aromatic carbocycles. The van der Waals surface area contributed by atoms with Gasteiger partial charge in [-0.15, -0.1) is 0 Å². The second kappa shape index (κ2) is 5.52. The molecular weight excluding hydrogens is 311 g/mol. The van der Waals surface area contributed by atoms with E-state index in [2.05, 4.69) is 15.0 Å². The normalized spacial score (nSPS) is 11.4. The fourth-order valence-corrected chi connectivity index (χ4v) is 2.09. The topological polar surface area (TPSA) is 108 Å². The van der Waals surface area contributed by atoms with E-state index in [9.17, 15) is 23.3 Å². The van der Waals surface area contributed by atoms with Crippen LogP contribution in [0.1, 0.15) is 5.56 Å². The summed E-state index contributed by atoms with van der Waals surface area (Å²) in [6.45, 7) is 0. The molecule has 110 valence electrons. The van der Waals surface area contributed by atoms with E-state index in [-0.39, 0.29) is 16.0 Å². The zero-order chi connectivity index (χ0) is 15.6. The van der Waals surface area contributed by atoms with Crippen LogP contribution in [0.3, 0.4) is 0 Å². The van der Waals surface area contributed by atoms with Gasteiger partial charge in [-0.2, -0.15) is 18.2 Å². The molecule has 0 unspecified atom stereocenters. The van der Waals surface area contributed by atoms with Crippen molar-refractivity contribution in [2.24, 2.45) is 0 Å². The number of alkyl halides is 3. The van der Waals surface area contributed by atoms with Crippen molar-refractivity contribution in [3.8, 4) is 0 Å². The van der Waals surface area contributed by atoms with E-state index in [0.29, 0.717) is 6.20 Å². The number of rotatable bonds is 3. The number of hydrogen-bond acceptors (Lipinski definition) is 7. The summed E-state index contributed by atoms with van der Waals surface area (Å²) in [5, 5.41) is 10.8. The number of nitrogens with two attached hydrogens (primary N) is 1. The number of nitrogen functional groups attached to an aromatic ring is 1. The van der Waals surface area contributed by atoms with E-state index in [1.165, 1.54) is 0 Å². The molecule has 2 aromatic rings. The lowest BCUT2D eigenvalue weighted by atomic mass is 10.3. The molecule has 0 atom stereocenters. The van der Waals surface area contributed by atoms with E-state index < -0.39 is 22.4 Å². The number of hydrogen-bond donors (Lipinski definition) is 1. The maximum atomic E-state index is 12.4. The van der Waals surface area contributed by atoms with Gasteiger partial charge in [-0.25, -0.2) is 9.97 Å². The van der Waals surface area contributed by atoms with Crippen LogP contribution in [-0.4, -0.2) is 19.9 Å². The first-order valence-electron chi connectivity index (χ1n) is 5.25. The van der Waals surface area contributed by atoms with E-state index in [1.807, 2.05) is 0 Å². The molecule has 0 saturated heterocycles. The molecule has 0 fully saturated rings. The van der Waals surface area contributed by atoms with Crippen LogP contribution in [0.2, 0.25) is 0 Å². The van der Waals surface area contributed by atoms with Gasteiger partial charge in [0.1, 0.15) is 11.2 Å². The molecule has 0 radical (unpaired) electrons. The van der Waals surface area contributed by atoms with Gasteiger partial charge in [0, 0.05) is 6.20 Å². The van der Waals surface area contributed by atoms with Gasteiger partial charge >= 0.3 is 11.9 Å². The molecule has 11 heteroatoms. The van der Waals surface area contributed by atoms with E-state index in [1.54, 1.807) is 0 Å². The molecule has 0 amide bonds. The van der Waals surface area contributed by atoms with Gasteiger partial charge in [-0.05, 0) is 23.9 Å². The van der Waals surface area contributed by atoms with E-state index >= 15 is 0 Å². The number of nitrogens with zero attached hydrogens (tertiary/aromatic N) is 4. The summed E-state index contributed by atoms with van der Waals surface area (Å²) in [4.78, 5) is 20.9. The predicted molar refractivity (Wildman–Crippen MR) is 66.5 cm³/mol. The quantitative estimate of drug-likeness (QED) is 0.526. The first-order valence-corrected chi connectivity index (χ1v) is 6.07. The van der Waals surface area contributed by atoms with Gasteiger partial charge in [0.2, 0.25) is 5.95 Å². The van der Waals surface area contributed by atoms with Gasteiger partial charge in [-0.1, -0.05) is 0 Å². The first-order chi connectivity index (χ1) is 9.77. The highest BCUT2D eigenvalue weighted by Gasteiger charge is 2.30. The van der Waals surface area contributed by atoms with Crippen molar-refractivity contribution < 1.29 is 18.1 Å². The number of halogens is 3. The molecule has 0 saturated carbocycles. The van der Waals surface area contributed by atoms with Crippen LogP contribution in [0.4, 0.5) is 24.8 Å². The molecule has 0 bridgehead atoms. The second-order valence-electron chi connectivity index (χ2n) is 3.66. The number of aromatic nitrogens is 3. The molecule has 2 N–H and O–H groups in total. The van der Waals surface area contributed by atoms with E-state index in [4.69, 9.17) is 5.73 Å². The van der Waals surface area contributed by atoms with Crippen molar-refractivity contribution in [3.05, 3.63) is 40.2 Å². The molecule has 2 aromatic heterocycles. The fourth-order valence-electron chi connectivity index (χ4n) is 1.28. The van der Waals surface area contributed by atoms with Crippen LogP contribution < -0.4 is 5.73 Å². The molecule has 2 heterocycles. The molecule has 21 heavy (non-hydrogen) atoms. The molecule has 0 aliphatic rings. The van der Waals surface area contributed by atoms with Gasteiger partial charge in [0.15, 0.2) is 5.03 Å². The second-order valence-corrected chi connectivity index (χ2v) is 4.67. The van der Waals surface area contributed by atoms with E-state index in [0.717, 1.165) is 30.1 Å². The Balaban J connectivity index is 2.30. The minimum atomic E-state index is -4.50. The van der Waals surface area contributed by atoms with Crippen LogP contribution in [0.5, 0.6) is 0 Å². The SMILES string of the molecule is Nc1ncc([N+](=O)[O-])c(Sc2ccc(C(F)(F)F)cn2)n1. The van der Waals surface area contributed by atoms with Crippen LogP contribution in [-0.2, 0) is 6.18 Å². The average Bonchev–Trinajstić information content (AvgIpc) is 2.38. The molecular formula is C10H6F3N5O2S. The zero-order valence-corrected chi connectivity index (χ0v) is 10.9. The van der Waals surface area contributed by atoms with Crippen molar-refractivity contribution in [2.45, 2.75) is 16.2 Å². The lowest BCUT2D eigenvalue weighted by Crippen LogP contribution is -2.05. The third-order valence-corrected chi connectivity index (χ3v) is 3.16. The van der Waals surface area contributed by atoms with Gasteiger partial charge in [-0.3, -0.25) is 10.1 Å². The number of anilines is 1. The van der Waals surface area contributed by atoms with Crippen LogP contribution >= 0.6 is 11.8 Å². The molecule has 0 spiro atoms. The largest absolute Gasteiger partial charge is 0.417 e. The predicted octanol–water partition coefficient (Wildman–Crippen LogP) is 2.53. The summed E-state index contributed by atoms with van der Waals surface area (Å²) >= 11 is 0.725. The van der Waals surface area contributed by atoms with Crippen molar-refractivity contribution in [2.75, 3.05) is 5.73 Å². The molecule has 0 aliphatic heterocycles. The Labute approximate surface area is 119 Å². The van der Waals surface area contributed by atoms with Crippen molar-refractivity contribution >= 4 is 23.4 Å². The Hall–Kier alpha value is -2.43. The van der Waals surface area contributed by atoms with Crippen molar-refractivity contribution in [1.29, 1.82) is 0 Å². The van der Waals surface area contributed by atoms with Crippen LogP contribution in [0.25, 0.3) is 0 Å². The maximum Gasteiger partial charge on any atom is 0.417 e. The Kier molecular flexibility index (Phi) is 3.93. The fraction of sp³-hybridized carbons (Fsp3) is 0.100. The van der Waals surface area contributed by atoms with Crippen molar-refractivity contribution in [3.63, 3.8) is 0 Å². The third kappa shape index (κ3) is 3.56. The summed E-state index contributed by atoms with van der Waals surface area (Å²) in [6, 6.07) is 1.92. The third-order valence-electron chi connectivity index (χ3n) is 2.22. The molecule has 2 rings (SSSR count). The summed E-state index contributed by atoms with van der Waals surface area (Å²) in [5.41, 5.74) is 4.02. The van der Waals surface area contributed by atoms with Gasteiger partial charge in [0.05, 0.1) is 10.5 Å². The minimum absolute atomic E-state index is 0.0974. The minimum Gasteiger partial charge on any atom is -0.368 e. The monoisotopic (exact) mass is 317 g/mol. The maximum absolute atomic E-state index is 12.4. The summed E-state index contributed by atoms with van der Waals surface area (Å²) < 4.78 is 37.2. The standard InChI is InChI=1S/C10H6F3N5O2S/c11-10(12,13)5-1-2-7(15-3-5)21-8-6(18(19)20)4-16-9(14)17-8/h1-4H,(H2,14,16,17). The summed E-state index contributed by atoms with van der Waals surface area (Å²) in [7, 11) is 0. The smallest absolute Gasteiger partial charge is 0.368 e. The number of nitro groups is 1. The van der Waals surface area contributed by atoms with Crippen molar-refractivity contribution in [1.82, 2.24) is 15.0 Å².